The van der Waals surface area contributed by atoms with Crippen molar-refractivity contribution in [1.29, 1.82) is 0 Å². The maximum Gasteiger partial charge on any atom is 0.245 e. The second kappa shape index (κ2) is 5.91. The molecule has 0 saturated heterocycles. The van der Waals surface area contributed by atoms with Crippen molar-refractivity contribution in [2.75, 3.05) is 13.6 Å². The number of nitrogens with two attached hydrogens (primary N) is 1. The Hall–Kier alpha value is -0.770. The van der Waals surface area contributed by atoms with E-state index < -0.39 is 10.0 Å². The SMILES string of the molecule is C#CCN(C)S(=O)(=O)c1cc(Cl)cc(CN)c1Cl. The molecule has 1 rings (SSSR count). The van der Waals surface area contributed by atoms with Crippen LogP contribution in [0.5, 0.6) is 0 Å². The fourth-order valence-electron chi connectivity index (χ4n) is 1.34. The van der Waals surface area contributed by atoms with Gasteiger partial charge in [0.2, 0.25) is 10.0 Å². The van der Waals surface area contributed by atoms with Gasteiger partial charge in [0.15, 0.2) is 0 Å². The standard InChI is InChI=1S/C11H12Cl2N2O2S/c1-3-4-15(2)18(16,17)10-6-9(12)5-8(7-14)11(10)13/h1,5-6H,4,7,14H2,2H3. The molecule has 1 aromatic rings. The van der Waals surface area contributed by atoms with Crippen LogP contribution in [0.15, 0.2) is 17.0 Å². The minimum absolute atomic E-state index is 0.0524. The summed E-state index contributed by atoms with van der Waals surface area (Å²) in [4.78, 5) is -0.0881. The van der Waals surface area contributed by atoms with E-state index in [2.05, 4.69) is 5.92 Å². The molecule has 7 heteroatoms. The van der Waals surface area contributed by atoms with E-state index in [0.717, 1.165) is 4.31 Å². The van der Waals surface area contributed by atoms with Crippen molar-refractivity contribution in [3.05, 3.63) is 27.7 Å². The fourth-order valence-corrected chi connectivity index (χ4v) is 3.33. The highest BCUT2D eigenvalue weighted by Crippen LogP contribution is 2.30. The van der Waals surface area contributed by atoms with Crippen molar-refractivity contribution in [2.45, 2.75) is 11.4 Å². The number of sulfonamides is 1. The highest BCUT2D eigenvalue weighted by atomic mass is 35.5. The topological polar surface area (TPSA) is 63.4 Å². The van der Waals surface area contributed by atoms with E-state index in [1.165, 1.54) is 19.2 Å². The van der Waals surface area contributed by atoms with Crippen molar-refractivity contribution in [3.63, 3.8) is 0 Å². The Balaban J connectivity index is 3.42. The summed E-state index contributed by atoms with van der Waals surface area (Å²) in [7, 11) is -2.40. The number of hydrogen-bond acceptors (Lipinski definition) is 3. The first-order valence-electron chi connectivity index (χ1n) is 4.92. The molecule has 0 aliphatic heterocycles. The molecule has 0 spiro atoms. The Morgan fingerprint density at radius 2 is 2.06 bits per heavy atom. The first-order chi connectivity index (χ1) is 8.34. The summed E-state index contributed by atoms with van der Waals surface area (Å²) in [5.41, 5.74) is 5.95. The van der Waals surface area contributed by atoms with Crippen LogP contribution in [0.25, 0.3) is 0 Å². The Kier molecular flexibility index (Phi) is 5.02. The molecule has 0 amide bonds. The predicted octanol–water partition coefficient (Wildman–Crippen LogP) is 1.71. The molecular weight excluding hydrogens is 295 g/mol. The van der Waals surface area contributed by atoms with E-state index in [1.807, 2.05) is 0 Å². The molecular formula is C11H12Cl2N2O2S. The number of benzene rings is 1. The Bertz CT molecular complexity index is 594. The zero-order chi connectivity index (χ0) is 13.9. The van der Waals surface area contributed by atoms with Crippen LogP contribution in [0, 0.1) is 12.3 Å². The van der Waals surface area contributed by atoms with E-state index in [-0.39, 0.29) is 28.0 Å². The first kappa shape index (κ1) is 15.3. The molecule has 0 fully saturated rings. The molecule has 0 aromatic heterocycles. The number of rotatable bonds is 4. The van der Waals surface area contributed by atoms with Gasteiger partial charge in [-0.1, -0.05) is 29.1 Å². The minimum Gasteiger partial charge on any atom is -0.326 e. The summed E-state index contributed by atoms with van der Waals surface area (Å²) >= 11 is 11.9. The first-order valence-corrected chi connectivity index (χ1v) is 7.12. The maximum absolute atomic E-state index is 12.2. The smallest absolute Gasteiger partial charge is 0.245 e. The van der Waals surface area contributed by atoms with Crippen LogP contribution >= 0.6 is 23.2 Å². The average Bonchev–Trinajstić information content (AvgIpc) is 2.31. The second-order valence-corrected chi connectivity index (χ2v) is 6.37. The quantitative estimate of drug-likeness (QED) is 0.861. The van der Waals surface area contributed by atoms with Crippen LogP contribution in [0.4, 0.5) is 0 Å². The summed E-state index contributed by atoms with van der Waals surface area (Å²) in [5, 5.41) is 0.332. The van der Waals surface area contributed by atoms with Crippen molar-refractivity contribution in [2.24, 2.45) is 5.73 Å². The lowest BCUT2D eigenvalue weighted by atomic mass is 10.2. The highest BCUT2D eigenvalue weighted by Gasteiger charge is 2.24. The number of hydrogen-bond donors (Lipinski definition) is 1. The van der Waals surface area contributed by atoms with E-state index in [1.54, 1.807) is 0 Å². The largest absolute Gasteiger partial charge is 0.326 e. The Morgan fingerprint density at radius 3 is 2.56 bits per heavy atom. The van der Waals surface area contributed by atoms with E-state index in [0.29, 0.717) is 5.56 Å². The van der Waals surface area contributed by atoms with Gasteiger partial charge in [-0.3, -0.25) is 0 Å². The molecule has 0 saturated carbocycles. The third-order valence-electron chi connectivity index (χ3n) is 2.30. The zero-order valence-electron chi connectivity index (χ0n) is 9.65. The summed E-state index contributed by atoms with van der Waals surface area (Å²) in [6.45, 7) is 0.0455. The molecule has 0 bridgehead atoms. The third-order valence-corrected chi connectivity index (χ3v) is 4.91. The third kappa shape index (κ3) is 2.97. The van der Waals surface area contributed by atoms with Gasteiger partial charge in [-0.2, -0.15) is 4.31 Å². The van der Waals surface area contributed by atoms with E-state index in [9.17, 15) is 8.42 Å². The fraction of sp³-hybridized carbons (Fsp3) is 0.273. The van der Waals surface area contributed by atoms with E-state index in [4.69, 9.17) is 35.4 Å². The monoisotopic (exact) mass is 306 g/mol. The molecule has 0 atom stereocenters. The van der Waals surface area contributed by atoms with Crippen LogP contribution in [0.1, 0.15) is 5.56 Å². The summed E-state index contributed by atoms with van der Waals surface area (Å²) in [5.74, 6) is 2.25. The van der Waals surface area contributed by atoms with Gasteiger partial charge in [0.05, 0.1) is 11.6 Å². The van der Waals surface area contributed by atoms with Gasteiger partial charge in [-0.25, -0.2) is 8.42 Å². The normalized spacial score (nSPS) is 11.6. The van der Waals surface area contributed by atoms with Crippen molar-refractivity contribution < 1.29 is 8.42 Å². The molecule has 0 radical (unpaired) electrons. The molecule has 0 aliphatic carbocycles. The van der Waals surface area contributed by atoms with Gasteiger partial charge in [0.25, 0.3) is 0 Å². The molecule has 0 heterocycles. The van der Waals surface area contributed by atoms with Gasteiger partial charge in [0, 0.05) is 18.6 Å². The van der Waals surface area contributed by atoms with Gasteiger partial charge in [-0.05, 0) is 17.7 Å². The lowest BCUT2D eigenvalue weighted by Crippen LogP contribution is -2.27. The zero-order valence-corrected chi connectivity index (χ0v) is 12.0. The number of terminal acetylenes is 1. The Labute approximate surface area is 117 Å². The van der Waals surface area contributed by atoms with Crippen LogP contribution in [0.2, 0.25) is 10.0 Å². The molecule has 4 nitrogen and oxygen atoms in total. The summed E-state index contributed by atoms with van der Waals surface area (Å²) < 4.78 is 25.4. The Morgan fingerprint density at radius 1 is 1.44 bits per heavy atom. The van der Waals surface area contributed by atoms with E-state index >= 15 is 0 Å². The van der Waals surface area contributed by atoms with Gasteiger partial charge in [-0.15, -0.1) is 6.42 Å². The number of nitrogens with zero attached hydrogens (tertiary/aromatic N) is 1. The van der Waals surface area contributed by atoms with Crippen molar-refractivity contribution in [3.8, 4) is 12.3 Å². The lowest BCUT2D eigenvalue weighted by Gasteiger charge is -2.17. The highest BCUT2D eigenvalue weighted by molar-refractivity contribution is 7.89. The van der Waals surface area contributed by atoms with Crippen LogP contribution < -0.4 is 5.73 Å². The van der Waals surface area contributed by atoms with Crippen LogP contribution in [0.3, 0.4) is 0 Å². The summed E-state index contributed by atoms with van der Waals surface area (Å²) in [6.07, 6.45) is 5.09. The maximum atomic E-state index is 12.2. The van der Waals surface area contributed by atoms with Gasteiger partial charge >= 0.3 is 0 Å². The average molecular weight is 307 g/mol. The molecule has 1 aromatic carbocycles. The van der Waals surface area contributed by atoms with Gasteiger partial charge in [0.1, 0.15) is 4.90 Å². The molecule has 0 aliphatic rings. The molecule has 0 unspecified atom stereocenters. The molecule has 18 heavy (non-hydrogen) atoms. The number of halogens is 2. The molecule has 2 N–H and O–H groups in total. The minimum atomic E-state index is -3.77. The van der Waals surface area contributed by atoms with Crippen LogP contribution in [-0.2, 0) is 16.6 Å². The van der Waals surface area contributed by atoms with Crippen molar-refractivity contribution >= 4 is 33.2 Å². The van der Waals surface area contributed by atoms with Crippen molar-refractivity contribution in [1.82, 2.24) is 4.31 Å². The predicted molar refractivity (Wildman–Crippen MR) is 73.0 cm³/mol. The van der Waals surface area contributed by atoms with Gasteiger partial charge < -0.3 is 5.73 Å². The second-order valence-electron chi connectivity index (χ2n) is 3.55. The summed E-state index contributed by atoms with van der Waals surface area (Å²) in [6, 6.07) is 2.81. The molecule has 98 valence electrons. The van der Waals surface area contributed by atoms with Crippen LogP contribution in [-0.4, -0.2) is 26.3 Å². The lowest BCUT2D eigenvalue weighted by molar-refractivity contribution is 0.503.